The van der Waals surface area contributed by atoms with Gasteiger partial charge in [-0.1, -0.05) is 0 Å². The van der Waals surface area contributed by atoms with E-state index in [0.29, 0.717) is 25.7 Å². The molecule has 5 nitrogen and oxygen atoms in total. The largest absolute Gasteiger partial charge is 0.369 e. The molecule has 19 heavy (non-hydrogen) atoms. The van der Waals surface area contributed by atoms with Gasteiger partial charge in [-0.2, -0.15) is 0 Å². The molecule has 2 N–H and O–H groups in total. The Kier molecular flexibility index (Phi) is 4.48. The molecule has 0 saturated carbocycles. The lowest BCUT2D eigenvalue weighted by Crippen LogP contribution is -2.56. The van der Waals surface area contributed by atoms with E-state index in [4.69, 9.17) is 10.5 Å². The van der Waals surface area contributed by atoms with E-state index in [-0.39, 0.29) is 17.6 Å². The van der Waals surface area contributed by atoms with Gasteiger partial charge in [0.1, 0.15) is 0 Å². The van der Waals surface area contributed by atoms with Gasteiger partial charge in [0.2, 0.25) is 5.91 Å². The van der Waals surface area contributed by atoms with Gasteiger partial charge in [0, 0.05) is 32.2 Å². The average molecular weight is 269 g/mol. The van der Waals surface area contributed by atoms with E-state index >= 15 is 0 Å². The number of hydrogen-bond acceptors (Lipinski definition) is 4. The Balaban J connectivity index is 1.85. The van der Waals surface area contributed by atoms with Crippen LogP contribution in [0.5, 0.6) is 0 Å². The van der Waals surface area contributed by atoms with E-state index in [1.807, 2.05) is 25.7 Å². The molecule has 1 atom stereocenters. The SMILES string of the molecule is CC1CN(C(=O)CN2CCC(N)CC2)CC(C)(C)O1. The van der Waals surface area contributed by atoms with E-state index in [9.17, 15) is 4.79 Å². The highest BCUT2D eigenvalue weighted by atomic mass is 16.5. The molecule has 0 spiro atoms. The Morgan fingerprint density at radius 1 is 1.37 bits per heavy atom. The summed E-state index contributed by atoms with van der Waals surface area (Å²) in [5.41, 5.74) is 5.65. The number of hydrogen-bond donors (Lipinski definition) is 1. The van der Waals surface area contributed by atoms with Crippen molar-refractivity contribution in [3.8, 4) is 0 Å². The van der Waals surface area contributed by atoms with Gasteiger partial charge < -0.3 is 15.4 Å². The van der Waals surface area contributed by atoms with E-state index in [1.54, 1.807) is 0 Å². The topological polar surface area (TPSA) is 58.8 Å². The molecule has 0 aliphatic carbocycles. The second kappa shape index (κ2) is 5.77. The van der Waals surface area contributed by atoms with Crippen LogP contribution in [0.15, 0.2) is 0 Å². The van der Waals surface area contributed by atoms with E-state index in [0.717, 1.165) is 25.9 Å². The zero-order valence-electron chi connectivity index (χ0n) is 12.4. The lowest BCUT2D eigenvalue weighted by molar-refractivity contribution is -0.159. The van der Waals surface area contributed by atoms with Gasteiger partial charge in [-0.3, -0.25) is 9.69 Å². The third-order valence-corrected chi connectivity index (χ3v) is 3.91. The summed E-state index contributed by atoms with van der Waals surface area (Å²) in [5.74, 6) is 0.221. The summed E-state index contributed by atoms with van der Waals surface area (Å²) < 4.78 is 5.83. The molecule has 0 radical (unpaired) electrons. The number of morpholine rings is 1. The molecule has 2 aliphatic rings. The van der Waals surface area contributed by atoms with Crippen LogP contribution < -0.4 is 5.73 Å². The summed E-state index contributed by atoms with van der Waals surface area (Å²) in [6.07, 6.45) is 2.11. The fraction of sp³-hybridized carbons (Fsp3) is 0.929. The number of piperidine rings is 1. The molecule has 0 bridgehead atoms. The minimum Gasteiger partial charge on any atom is -0.369 e. The summed E-state index contributed by atoms with van der Waals surface area (Å²) in [6, 6.07) is 0.314. The number of ether oxygens (including phenoxy) is 1. The van der Waals surface area contributed by atoms with Crippen molar-refractivity contribution in [3.63, 3.8) is 0 Å². The lowest BCUT2D eigenvalue weighted by atomic mass is 10.0. The summed E-state index contributed by atoms with van der Waals surface area (Å²) in [5, 5.41) is 0. The second-order valence-electron chi connectivity index (χ2n) is 6.58. The van der Waals surface area contributed by atoms with Crippen molar-refractivity contribution in [3.05, 3.63) is 0 Å². The molecular formula is C14H27N3O2. The molecule has 0 aromatic carbocycles. The van der Waals surface area contributed by atoms with Gasteiger partial charge in [0.05, 0.1) is 18.2 Å². The van der Waals surface area contributed by atoms with Crippen LogP contribution in [0.25, 0.3) is 0 Å². The number of carbonyl (C=O) groups is 1. The van der Waals surface area contributed by atoms with Crippen LogP contribution >= 0.6 is 0 Å². The number of nitrogens with two attached hydrogens (primary N) is 1. The molecule has 2 saturated heterocycles. The molecule has 0 aromatic rings. The maximum absolute atomic E-state index is 12.4. The Morgan fingerprint density at radius 2 is 2.00 bits per heavy atom. The van der Waals surface area contributed by atoms with Gasteiger partial charge >= 0.3 is 0 Å². The highest BCUT2D eigenvalue weighted by Gasteiger charge is 2.34. The van der Waals surface area contributed by atoms with Crippen LogP contribution in [0.4, 0.5) is 0 Å². The van der Waals surface area contributed by atoms with E-state index in [2.05, 4.69) is 4.90 Å². The number of likely N-dealkylation sites (tertiary alicyclic amines) is 1. The van der Waals surface area contributed by atoms with Crippen LogP contribution in [0, 0.1) is 0 Å². The quantitative estimate of drug-likeness (QED) is 0.790. The fourth-order valence-corrected chi connectivity index (χ4v) is 3.05. The third kappa shape index (κ3) is 4.16. The maximum Gasteiger partial charge on any atom is 0.236 e. The van der Waals surface area contributed by atoms with Crippen LogP contribution in [0.3, 0.4) is 0 Å². The predicted octanol–water partition coefficient (Wildman–Crippen LogP) is 0.435. The molecule has 2 heterocycles. The van der Waals surface area contributed by atoms with Gasteiger partial charge in [-0.15, -0.1) is 0 Å². The molecule has 1 amide bonds. The molecule has 5 heteroatoms. The molecule has 2 aliphatic heterocycles. The number of amides is 1. The first-order chi connectivity index (χ1) is 8.85. The first kappa shape index (κ1) is 14.8. The van der Waals surface area contributed by atoms with Crippen molar-refractivity contribution in [2.45, 2.75) is 51.4 Å². The predicted molar refractivity (Wildman–Crippen MR) is 74.9 cm³/mol. The molecule has 0 aromatic heterocycles. The van der Waals surface area contributed by atoms with Gasteiger partial charge in [-0.05, 0) is 33.6 Å². The molecule has 110 valence electrons. The third-order valence-electron chi connectivity index (χ3n) is 3.91. The van der Waals surface area contributed by atoms with Crippen molar-refractivity contribution in [2.75, 3.05) is 32.7 Å². The monoisotopic (exact) mass is 269 g/mol. The summed E-state index contributed by atoms with van der Waals surface area (Å²) in [6.45, 7) is 9.91. The van der Waals surface area contributed by atoms with E-state index < -0.39 is 0 Å². The highest BCUT2D eigenvalue weighted by Crippen LogP contribution is 2.21. The Morgan fingerprint density at radius 3 is 2.58 bits per heavy atom. The number of carbonyl (C=O) groups excluding carboxylic acids is 1. The highest BCUT2D eigenvalue weighted by molar-refractivity contribution is 5.78. The Labute approximate surface area is 116 Å². The Bertz CT molecular complexity index is 325. The smallest absolute Gasteiger partial charge is 0.236 e. The fourth-order valence-electron chi connectivity index (χ4n) is 3.05. The zero-order chi connectivity index (χ0) is 14.0. The summed E-state index contributed by atoms with van der Waals surface area (Å²) in [7, 11) is 0. The minimum atomic E-state index is -0.239. The standard InChI is InChI=1S/C14H27N3O2/c1-11-8-17(10-14(2,3)19-11)13(18)9-16-6-4-12(15)5-7-16/h11-12H,4-10,15H2,1-3H3. The maximum atomic E-state index is 12.4. The van der Waals surface area contributed by atoms with Gasteiger partial charge in [0.25, 0.3) is 0 Å². The first-order valence-corrected chi connectivity index (χ1v) is 7.29. The van der Waals surface area contributed by atoms with Crippen LogP contribution in [0.1, 0.15) is 33.6 Å². The normalized spacial score (nSPS) is 29.5. The van der Waals surface area contributed by atoms with Crippen molar-refractivity contribution in [1.29, 1.82) is 0 Å². The van der Waals surface area contributed by atoms with E-state index in [1.165, 1.54) is 0 Å². The average Bonchev–Trinajstić information content (AvgIpc) is 2.29. The molecule has 2 rings (SSSR count). The molecule has 1 unspecified atom stereocenters. The molecular weight excluding hydrogens is 242 g/mol. The van der Waals surface area contributed by atoms with Crippen LogP contribution in [-0.2, 0) is 9.53 Å². The first-order valence-electron chi connectivity index (χ1n) is 7.29. The van der Waals surface area contributed by atoms with Gasteiger partial charge in [-0.25, -0.2) is 0 Å². The second-order valence-corrected chi connectivity index (χ2v) is 6.58. The lowest BCUT2D eigenvalue weighted by Gasteiger charge is -2.42. The van der Waals surface area contributed by atoms with Crippen LogP contribution in [0.2, 0.25) is 0 Å². The Hall–Kier alpha value is -0.650. The van der Waals surface area contributed by atoms with Crippen molar-refractivity contribution in [1.82, 2.24) is 9.80 Å². The number of rotatable bonds is 2. The minimum absolute atomic E-state index is 0.113. The van der Waals surface area contributed by atoms with Crippen molar-refractivity contribution >= 4 is 5.91 Å². The van der Waals surface area contributed by atoms with Crippen molar-refractivity contribution in [2.24, 2.45) is 5.73 Å². The van der Waals surface area contributed by atoms with Gasteiger partial charge in [0.15, 0.2) is 0 Å². The summed E-state index contributed by atoms with van der Waals surface area (Å²) >= 11 is 0. The number of nitrogens with zero attached hydrogens (tertiary/aromatic N) is 2. The summed E-state index contributed by atoms with van der Waals surface area (Å²) in [4.78, 5) is 16.5. The van der Waals surface area contributed by atoms with Crippen molar-refractivity contribution < 1.29 is 9.53 Å². The zero-order valence-corrected chi connectivity index (χ0v) is 12.4. The van der Waals surface area contributed by atoms with Crippen LogP contribution in [-0.4, -0.2) is 66.2 Å². The molecule has 2 fully saturated rings.